The molecule has 2 aromatic heterocycles. The van der Waals surface area contributed by atoms with Gasteiger partial charge >= 0.3 is 18.2 Å². The van der Waals surface area contributed by atoms with Crippen molar-refractivity contribution in [2.24, 2.45) is 5.92 Å². The van der Waals surface area contributed by atoms with Gasteiger partial charge in [0.15, 0.2) is 5.82 Å². The van der Waals surface area contributed by atoms with E-state index in [9.17, 15) is 20.1 Å². The third-order valence-electron chi connectivity index (χ3n) is 11.9. The largest absolute Gasteiger partial charge is 0.459 e. The van der Waals surface area contributed by atoms with E-state index in [1.54, 1.807) is 31.7 Å². The molecule has 2 aromatic carbocycles. The van der Waals surface area contributed by atoms with Crippen molar-refractivity contribution in [1.29, 1.82) is 10.5 Å². The molecule has 0 saturated carbocycles. The van der Waals surface area contributed by atoms with Crippen LogP contribution in [0.4, 0.5) is 29.2 Å². The number of carbonyl (C=O) groups excluding carboxylic acids is 2. The third kappa shape index (κ3) is 8.34. The minimum Gasteiger partial charge on any atom is -0.459 e. The summed E-state index contributed by atoms with van der Waals surface area (Å²) in [5.74, 6) is -1.08. The van der Waals surface area contributed by atoms with Crippen molar-refractivity contribution < 1.29 is 32.6 Å². The van der Waals surface area contributed by atoms with Crippen LogP contribution in [0, 0.1) is 40.2 Å². The number of nitrogens with one attached hydrogen (secondary N) is 1. The van der Waals surface area contributed by atoms with Crippen LogP contribution in [0.25, 0.3) is 32.1 Å². The summed E-state index contributed by atoms with van der Waals surface area (Å²) in [7, 11) is 0. The van der Waals surface area contributed by atoms with Crippen LogP contribution in [-0.4, -0.2) is 93.1 Å². The molecule has 17 heteroatoms. The second-order valence-electron chi connectivity index (χ2n) is 18.6. The van der Waals surface area contributed by atoms with Gasteiger partial charge in [-0.2, -0.15) is 20.5 Å². The molecule has 0 radical (unpaired) electrons. The summed E-state index contributed by atoms with van der Waals surface area (Å²) in [4.78, 5) is 42.0. The van der Waals surface area contributed by atoms with Crippen molar-refractivity contribution in [2.75, 3.05) is 29.9 Å². The lowest BCUT2D eigenvalue weighted by Gasteiger charge is -2.42. The molecule has 4 aromatic rings. The van der Waals surface area contributed by atoms with E-state index in [-0.39, 0.29) is 84.5 Å². The minimum atomic E-state index is -0.840. The molecular weight excluding hydrogens is 826 g/mol. The summed E-state index contributed by atoms with van der Waals surface area (Å²) >= 11 is 7.86. The van der Waals surface area contributed by atoms with E-state index in [1.807, 2.05) is 32.6 Å². The van der Waals surface area contributed by atoms with Crippen LogP contribution in [0.2, 0.25) is 5.02 Å². The van der Waals surface area contributed by atoms with Crippen LogP contribution < -0.4 is 15.0 Å². The van der Waals surface area contributed by atoms with Gasteiger partial charge in [0.1, 0.15) is 45.5 Å². The molecule has 4 aliphatic heterocycles. The highest BCUT2D eigenvalue weighted by Gasteiger charge is 2.46. The number of fused-ring (bicyclic) bond motifs is 6. The zero-order valence-electron chi connectivity index (χ0n) is 35.3. The fraction of sp³-hybridized carbons (Fsp3) is 0.545. The average Bonchev–Trinajstić information content (AvgIpc) is 3.74. The zero-order valence-corrected chi connectivity index (χ0v) is 36.8. The maximum absolute atomic E-state index is 17.6. The molecule has 4 unspecified atom stereocenters. The Hall–Kier alpha value is -5.03. The molecule has 4 aliphatic rings. The standard InChI is InChI=1S/C44H49ClF2N8O5S/c1-22(19-54-24-8-9-25(54)15-23(14-24)17-48)58-40-50-36-29(38(51-40)53-20-26-10-11-27(21-53)55(26)42(57)60-44(5,6)7)16-31(45)34(35(36)47)28-12-13-32(46)37-33(28)30(18-49)39(61-37)52-41(56)59-43(2,3)4/h12-13,16,22-27H,8-11,14-15,19-21H2,1-7H3,(H,52,56)/t22-,23?,24?,25?,26?,27?/m0/s1. The van der Waals surface area contributed by atoms with Crippen LogP contribution in [0.3, 0.4) is 0 Å². The Morgan fingerprint density at radius 3 is 2.23 bits per heavy atom. The molecule has 4 bridgehead atoms. The number of rotatable bonds is 7. The number of nitrogens with zero attached hydrogens (tertiary/aromatic N) is 7. The van der Waals surface area contributed by atoms with Crippen molar-refractivity contribution in [3.63, 3.8) is 0 Å². The van der Waals surface area contributed by atoms with Gasteiger partial charge in [-0.3, -0.25) is 15.1 Å². The molecule has 322 valence electrons. The summed E-state index contributed by atoms with van der Waals surface area (Å²) in [6.07, 6.45) is 3.55. The number of aromatic nitrogens is 2. The fourth-order valence-electron chi connectivity index (χ4n) is 9.55. The second kappa shape index (κ2) is 16.0. The van der Waals surface area contributed by atoms with Crippen LogP contribution in [-0.2, 0) is 9.47 Å². The van der Waals surface area contributed by atoms with Crippen LogP contribution in [0.15, 0.2) is 18.2 Å². The van der Waals surface area contributed by atoms with E-state index in [2.05, 4.69) is 27.3 Å². The Kier molecular flexibility index (Phi) is 11.2. The van der Waals surface area contributed by atoms with Gasteiger partial charge in [0.05, 0.1) is 33.4 Å². The molecule has 6 heterocycles. The van der Waals surface area contributed by atoms with Crippen molar-refractivity contribution in [1.82, 2.24) is 19.8 Å². The molecule has 8 rings (SSSR count). The monoisotopic (exact) mass is 874 g/mol. The van der Waals surface area contributed by atoms with E-state index >= 15 is 8.78 Å². The van der Waals surface area contributed by atoms with Crippen molar-refractivity contribution in [3.8, 4) is 29.3 Å². The molecule has 4 saturated heterocycles. The molecule has 5 atom stereocenters. The molecule has 0 spiro atoms. The molecular formula is C44H49ClF2N8O5S. The number of anilines is 2. The van der Waals surface area contributed by atoms with Gasteiger partial charge in [-0.05, 0) is 105 Å². The third-order valence-corrected chi connectivity index (χ3v) is 13.3. The Balaban J connectivity index is 1.21. The van der Waals surface area contributed by atoms with Crippen molar-refractivity contribution >= 4 is 66.9 Å². The number of benzene rings is 2. The number of piperazine rings is 1. The quantitative estimate of drug-likeness (QED) is 0.189. The molecule has 0 aliphatic carbocycles. The van der Waals surface area contributed by atoms with E-state index < -0.39 is 35.0 Å². The van der Waals surface area contributed by atoms with Gasteiger partial charge in [0.25, 0.3) is 0 Å². The normalized spacial score (nSPS) is 23.2. The number of piperidine rings is 1. The van der Waals surface area contributed by atoms with E-state index in [0.717, 1.165) is 49.9 Å². The highest BCUT2D eigenvalue weighted by molar-refractivity contribution is 7.23. The second-order valence-corrected chi connectivity index (χ2v) is 20.0. The highest BCUT2D eigenvalue weighted by atomic mass is 35.5. The molecule has 13 nitrogen and oxygen atoms in total. The number of hydrogen-bond donors (Lipinski definition) is 1. The highest BCUT2D eigenvalue weighted by Crippen LogP contribution is 2.47. The fourth-order valence-corrected chi connectivity index (χ4v) is 10.9. The van der Waals surface area contributed by atoms with Gasteiger partial charge < -0.3 is 19.1 Å². The molecule has 61 heavy (non-hydrogen) atoms. The van der Waals surface area contributed by atoms with Crippen molar-refractivity contribution in [2.45, 2.75) is 128 Å². The Labute approximate surface area is 362 Å². The first kappa shape index (κ1) is 42.7. The molecule has 4 fully saturated rings. The number of hydrogen-bond acceptors (Lipinski definition) is 12. The number of halogens is 3. The van der Waals surface area contributed by atoms with Crippen LogP contribution in [0.1, 0.15) is 92.6 Å². The lowest BCUT2D eigenvalue weighted by atomic mass is 9.92. The van der Waals surface area contributed by atoms with Gasteiger partial charge in [-0.25, -0.2) is 18.4 Å². The van der Waals surface area contributed by atoms with E-state index in [4.69, 9.17) is 30.8 Å². The van der Waals surface area contributed by atoms with Gasteiger partial charge in [0.2, 0.25) is 0 Å². The summed E-state index contributed by atoms with van der Waals surface area (Å²) in [6.45, 7) is 13.8. The predicted molar refractivity (Wildman–Crippen MR) is 229 cm³/mol. The van der Waals surface area contributed by atoms with Gasteiger partial charge in [-0.15, -0.1) is 11.3 Å². The maximum Gasteiger partial charge on any atom is 0.412 e. The minimum absolute atomic E-state index is 0.0167. The lowest BCUT2D eigenvalue weighted by molar-refractivity contribution is 0.0122. The topological polar surface area (TPSA) is 157 Å². The van der Waals surface area contributed by atoms with Gasteiger partial charge in [-0.1, -0.05) is 17.7 Å². The smallest absolute Gasteiger partial charge is 0.412 e. The SMILES string of the molecule is C[C@@H](CN1C2CCC1CC(C#N)C2)Oc1nc(N2CC3CCC(C2)N3C(=O)OC(C)(C)C)c2cc(Cl)c(-c3ccc(F)c4sc(NC(=O)OC(C)(C)C)c(C#N)c34)c(F)c2n1. The lowest BCUT2D eigenvalue weighted by Crippen LogP contribution is -2.57. The zero-order chi connectivity index (χ0) is 43.7. The Morgan fingerprint density at radius 1 is 0.984 bits per heavy atom. The summed E-state index contributed by atoms with van der Waals surface area (Å²) in [5.41, 5.74) is -1.67. The molecule has 2 amide bonds. The number of thiophene rings is 1. The Bertz CT molecular complexity index is 2480. The summed E-state index contributed by atoms with van der Waals surface area (Å²) < 4.78 is 50.7. The first-order valence-electron chi connectivity index (χ1n) is 20.8. The van der Waals surface area contributed by atoms with Gasteiger partial charge in [0, 0.05) is 54.0 Å². The molecule has 1 N–H and O–H groups in total. The summed E-state index contributed by atoms with van der Waals surface area (Å²) in [5, 5.41) is 23.0. The number of ether oxygens (including phenoxy) is 3. The average molecular weight is 875 g/mol. The number of nitriles is 2. The van der Waals surface area contributed by atoms with E-state index in [1.165, 1.54) is 12.1 Å². The van der Waals surface area contributed by atoms with Crippen molar-refractivity contribution in [3.05, 3.63) is 40.4 Å². The van der Waals surface area contributed by atoms with Crippen LogP contribution >= 0.6 is 22.9 Å². The number of carbonyl (C=O) groups is 2. The van der Waals surface area contributed by atoms with E-state index in [0.29, 0.717) is 30.8 Å². The van der Waals surface area contributed by atoms with Crippen LogP contribution in [0.5, 0.6) is 6.01 Å². The first-order chi connectivity index (χ1) is 28.8. The summed E-state index contributed by atoms with van der Waals surface area (Å²) in [6, 6.07) is 8.76. The maximum atomic E-state index is 17.6. The predicted octanol–water partition coefficient (Wildman–Crippen LogP) is 9.78. The first-order valence-corrected chi connectivity index (χ1v) is 21.9. The number of amides is 2. The Morgan fingerprint density at radius 2 is 1.62 bits per heavy atom.